The van der Waals surface area contributed by atoms with Crippen molar-refractivity contribution in [3.05, 3.63) is 34.4 Å². The van der Waals surface area contributed by atoms with E-state index in [-0.39, 0.29) is 30.5 Å². The van der Waals surface area contributed by atoms with Gasteiger partial charge >= 0.3 is 0 Å². The maximum Gasteiger partial charge on any atom is 0.292 e. The predicted octanol–water partition coefficient (Wildman–Crippen LogP) is 1.54. The number of hydrogen-bond acceptors (Lipinski definition) is 5. The number of halogens is 1. The SMILES string of the molecule is Cl.O=C(CNc1ccccc1[N+](=O)[O-])NCCC1CCNC1. The summed E-state index contributed by atoms with van der Waals surface area (Å²) in [6.07, 6.45) is 2.12. The van der Waals surface area contributed by atoms with Crippen molar-refractivity contribution in [2.75, 3.05) is 31.5 Å². The third-order valence-corrected chi connectivity index (χ3v) is 3.58. The Morgan fingerprint density at radius 2 is 2.18 bits per heavy atom. The second-order valence-corrected chi connectivity index (χ2v) is 5.13. The molecule has 1 saturated heterocycles. The molecule has 3 N–H and O–H groups in total. The van der Waals surface area contributed by atoms with Gasteiger partial charge in [0.15, 0.2) is 0 Å². The molecule has 1 aliphatic rings. The van der Waals surface area contributed by atoms with Gasteiger partial charge in [0.05, 0.1) is 11.5 Å². The Labute approximate surface area is 135 Å². The number of hydrogen-bond donors (Lipinski definition) is 3. The first kappa shape index (κ1) is 18.2. The average Bonchev–Trinajstić information content (AvgIpc) is 2.98. The topological polar surface area (TPSA) is 96.3 Å². The van der Waals surface area contributed by atoms with Gasteiger partial charge in [-0.3, -0.25) is 14.9 Å². The molecule has 2 rings (SSSR count). The molecular weight excluding hydrogens is 308 g/mol. The summed E-state index contributed by atoms with van der Waals surface area (Å²) in [7, 11) is 0. The number of nitro benzene ring substituents is 1. The highest BCUT2D eigenvalue weighted by atomic mass is 35.5. The molecule has 1 atom stereocenters. The summed E-state index contributed by atoms with van der Waals surface area (Å²) < 4.78 is 0. The number of carbonyl (C=O) groups is 1. The number of anilines is 1. The normalized spacial score (nSPS) is 16.6. The minimum absolute atomic E-state index is 0. The van der Waals surface area contributed by atoms with Crippen LogP contribution in [0.15, 0.2) is 24.3 Å². The van der Waals surface area contributed by atoms with E-state index in [2.05, 4.69) is 16.0 Å². The van der Waals surface area contributed by atoms with Gasteiger partial charge in [-0.05, 0) is 37.9 Å². The van der Waals surface area contributed by atoms with Crippen LogP contribution in [-0.2, 0) is 4.79 Å². The lowest BCUT2D eigenvalue weighted by molar-refractivity contribution is -0.383. The van der Waals surface area contributed by atoms with Crippen molar-refractivity contribution in [2.24, 2.45) is 5.92 Å². The Bertz CT molecular complexity index is 507. The van der Waals surface area contributed by atoms with Crippen molar-refractivity contribution in [1.29, 1.82) is 0 Å². The zero-order valence-electron chi connectivity index (χ0n) is 12.2. The van der Waals surface area contributed by atoms with Gasteiger partial charge in [-0.2, -0.15) is 0 Å². The van der Waals surface area contributed by atoms with Gasteiger partial charge in [0.1, 0.15) is 5.69 Å². The Morgan fingerprint density at radius 3 is 2.86 bits per heavy atom. The highest BCUT2D eigenvalue weighted by Crippen LogP contribution is 2.22. The van der Waals surface area contributed by atoms with Crippen molar-refractivity contribution in [1.82, 2.24) is 10.6 Å². The first-order chi connectivity index (χ1) is 10.2. The van der Waals surface area contributed by atoms with E-state index in [1.54, 1.807) is 18.2 Å². The average molecular weight is 329 g/mol. The summed E-state index contributed by atoms with van der Waals surface area (Å²) in [6, 6.07) is 6.29. The molecule has 0 aliphatic carbocycles. The first-order valence-corrected chi connectivity index (χ1v) is 7.11. The van der Waals surface area contributed by atoms with Crippen molar-refractivity contribution < 1.29 is 9.72 Å². The molecule has 1 aliphatic heterocycles. The number of benzene rings is 1. The van der Waals surface area contributed by atoms with E-state index in [1.807, 2.05) is 0 Å². The molecule has 0 aromatic heterocycles. The van der Waals surface area contributed by atoms with Gasteiger partial charge in [0, 0.05) is 12.6 Å². The molecule has 0 spiro atoms. The number of carbonyl (C=O) groups excluding carboxylic acids is 1. The van der Waals surface area contributed by atoms with Gasteiger partial charge in [-0.1, -0.05) is 12.1 Å². The summed E-state index contributed by atoms with van der Waals surface area (Å²) >= 11 is 0. The van der Waals surface area contributed by atoms with E-state index in [1.165, 1.54) is 6.07 Å². The summed E-state index contributed by atoms with van der Waals surface area (Å²) in [4.78, 5) is 22.1. The van der Waals surface area contributed by atoms with E-state index >= 15 is 0 Å². The lowest BCUT2D eigenvalue weighted by atomic mass is 10.1. The first-order valence-electron chi connectivity index (χ1n) is 7.11. The predicted molar refractivity (Wildman–Crippen MR) is 87.4 cm³/mol. The molecule has 7 nitrogen and oxygen atoms in total. The fourth-order valence-corrected chi connectivity index (χ4v) is 2.40. The van der Waals surface area contributed by atoms with Gasteiger partial charge in [-0.25, -0.2) is 0 Å². The van der Waals surface area contributed by atoms with E-state index in [4.69, 9.17) is 0 Å². The second kappa shape index (κ2) is 9.22. The summed E-state index contributed by atoms with van der Waals surface area (Å²) in [6.45, 7) is 2.75. The summed E-state index contributed by atoms with van der Waals surface area (Å²) in [5.41, 5.74) is 0.333. The van der Waals surface area contributed by atoms with Crippen molar-refractivity contribution in [3.63, 3.8) is 0 Å². The number of nitrogens with zero attached hydrogens (tertiary/aromatic N) is 1. The largest absolute Gasteiger partial charge is 0.371 e. The van der Waals surface area contributed by atoms with E-state index in [0.29, 0.717) is 18.2 Å². The molecule has 0 radical (unpaired) electrons. The van der Waals surface area contributed by atoms with Crippen LogP contribution in [0.4, 0.5) is 11.4 Å². The van der Waals surface area contributed by atoms with Crippen LogP contribution in [0.25, 0.3) is 0 Å². The number of amides is 1. The molecule has 1 unspecified atom stereocenters. The van der Waals surface area contributed by atoms with Crippen LogP contribution in [-0.4, -0.2) is 37.0 Å². The molecule has 1 fully saturated rings. The van der Waals surface area contributed by atoms with Crippen LogP contribution in [0, 0.1) is 16.0 Å². The number of para-hydroxylation sites is 2. The van der Waals surface area contributed by atoms with E-state index < -0.39 is 4.92 Å². The van der Waals surface area contributed by atoms with E-state index in [0.717, 1.165) is 25.9 Å². The van der Waals surface area contributed by atoms with Crippen LogP contribution < -0.4 is 16.0 Å². The summed E-state index contributed by atoms with van der Waals surface area (Å²) in [5, 5.41) is 19.8. The van der Waals surface area contributed by atoms with Gasteiger partial charge in [-0.15, -0.1) is 12.4 Å². The molecule has 22 heavy (non-hydrogen) atoms. The minimum atomic E-state index is -0.465. The third kappa shape index (κ3) is 5.50. The monoisotopic (exact) mass is 328 g/mol. The Morgan fingerprint density at radius 1 is 1.41 bits per heavy atom. The van der Waals surface area contributed by atoms with Crippen molar-refractivity contribution in [3.8, 4) is 0 Å². The fraction of sp³-hybridized carbons (Fsp3) is 0.500. The zero-order chi connectivity index (χ0) is 15.1. The maximum atomic E-state index is 11.7. The fourth-order valence-electron chi connectivity index (χ4n) is 2.40. The lowest BCUT2D eigenvalue weighted by Gasteiger charge is -2.10. The van der Waals surface area contributed by atoms with E-state index in [9.17, 15) is 14.9 Å². The standard InChI is InChI=1S/C14H20N4O3.ClH/c19-14(16-8-6-11-5-7-15-9-11)10-17-12-3-1-2-4-13(12)18(20)21;/h1-4,11,15,17H,5-10H2,(H,16,19);1H. The lowest BCUT2D eigenvalue weighted by Crippen LogP contribution is -2.31. The molecule has 1 aromatic rings. The van der Waals surface area contributed by atoms with Gasteiger partial charge in [0.25, 0.3) is 5.69 Å². The molecule has 8 heteroatoms. The highest BCUT2D eigenvalue weighted by molar-refractivity contribution is 5.85. The zero-order valence-corrected chi connectivity index (χ0v) is 13.0. The Balaban J connectivity index is 0.00000242. The van der Waals surface area contributed by atoms with Crippen molar-refractivity contribution >= 4 is 29.7 Å². The van der Waals surface area contributed by atoms with Gasteiger partial charge in [0.2, 0.25) is 5.91 Å². The number of rotatable bonds is 7. The van der Waals surface area contributed by atoms with Crippen LogP contribution in [0.3, 0.4) is 0 Å². The highest BCUT2D eigenvalue weighted by Gasteiger charge is 2.15. The Kier molecular flexibility index (Phi) is 7.62. The van der Waals surface area contributed by atoms with Gasteiger partial charge < -0.3 is 16.0 Å². The number of nitro groups is 1. The third-order valence-electron chi connectivity index (χ3n) is 3.58. The van der Waals surface area contributed by atoms with Crippen LogP contribution >= 0.6 is 12.4 Å². The molecule has 122 valence electrons. The quantitative estimate of drug-likeness (QED) is 0.521. The molecule has 1 aromatic carbocycles. The Hall–Kier alpha value is -1.86. The minimum Gasteiger partial charge on any atom is -0.371 e. The molecule has 1 amide bonds. The molecule has 0 saturated carbocycles. The smallest absolute Gasteiger partial charge is 0.292 e. The second-order valence-electron chi connectivity index (χ2n) is 5.13. The van der Waals surface area contributed by atoms with Crippen LogP contribution in [0.1, 0.15) is 12.8 Å². The molecular formula is C14H21ClN4O3. The summed E-state index contributed by atoms with van der Waals surface area (Å²) in [5.74, 6) is 0.479. The maximum absolute atomic E-state index is 11.7. The molecule has 1 heterocycles. The van der Waals surface area contributed by atoms with Crippen LogP contribution in [0.2, 0.25) is 0 Å². The van der Waals surface area contributed by atoms with Crippen LogP contribution in [0.5, 0.6) is 0 Å². The molecule has 0 bridgehead atoms. The van der Waals surface area contributed by atoms with Crippen molar-refractivity contribution in [2.45, 2.75) is 12.8 Å². The number of nitrogens with one attached hydrogen (secondary N) is 3.